The number of hydrogen-bond donors (Lipinski definition) is 1. The summed E-state index contributed by atoms with van der Waals surface area (Å²) in [5.74, 6) is -0.596. The zero-order valence-electron chi connectivity index (χ0n) is 13.2. The Morgan fingerprint density at radius 2 is 2.00 bits per heavy atom. The van der Waals surface area contributed by atoms with Crippen molar-refractivity contribution in [2.45, 2.75) is 45.0 Å². The second kappa shape index (κ2) is 5.77. The van der Waals surface area contributed by atoms with Gasteiger partial charge < -0.3 is 14.9 Å². The number of nitrogens with zero attached hydrogens (tertiary/aromatic N) is 2. The lowest BCUT2D eigenvalue weighted by Crippen LogP contribution is -2.50. The maximum atomic E-state index is 12.8. The normalized spacial score (nSPS) is 24.7. The minimum atomic E-state index is -0.688. The first kappa shape index (κ1) is 15.7. The molecule has 0 aromatic heterocycles. The van der Waals surface area contributed by atoms with Crippen molar-refractivity contribution in [2.75, 3.05) is 6.54 Å². The first-order valence-electron chi connectivity index (χ1n) is 7.78. The van der Waals surface area contributed by atoms with Gasteiger partial charge in [0, 0.05) is 25.1 Å². The summed E-state index contributed by atoms with van der Waals surface area (Å²) < 4.78 is 0. The highest BCUT2D eigenvalue weighted by Gasteiger charge is 2.42. The van der Waals surface area contributed by atoms with E-state index >= 15 is 0 Å². The van der Waals surface area contributed by atoms with E-state index in [4.69, 9.17) is 0 Å². The van der Waals surface area contributed by atoms with Crippen LogP contribution in [0.4, 0.5) is 0 Å². The SMILES string of the molecule is CC(=O)[C@@H]1C[C@@H](O)CN1C(=O)[C@H](C)N1Cc2ccccc2C1=O. The molecule has 1 fully saturated rings. The maximum absolute atomic E-state index is 12.8. The predicted octanol–water partition coefficient (Wildman–Crippen LogP) is 0.582. The van der Waals surface area contributed by atoms with E-state index in [-0.39, 0.29) is 30.6 Å². The van der Waals surface area contributed by atoms with Gasteiger partial charge in [-0.25, -0.2) is 0 Å². The molecule has 1 aromatic carbocycles. The number of hydrogen-bond acceptors (Lipinski definition) is 4. The number of aliphatic hydroxyl groups is 1. The van der Waals surface area contributed by atoms with Crippen LogP contribution in [0.25, 0.3) is 0 Å². The van der Waals surface area contributed by atoms with Crippen molar-refractivity contribution in [1.82, 2.24) is 9.80 Å². The molecule has 3 rings (SSSR count). The second-order valence-corrected chi connectivity index (χ2v) is 6.27. The van der Waals surface area contributed by atoms with Crippen molar-refractivity contribution in [3.63, 3.8) is 0 Å². The lowest BCUT2D eigenvalue weighted by Gasteiger charge is -2.30. The van der Waals surface area contributed by atoms with E-state index in [1.165, 1.54) is 16.7 Å². The summed E-state index contributed by atoms with van der Waals surface area (Å²) >= 11 is 0. The van der Waals surface area contributed by atoms with Crippen molar-refractivity contribution in [1.29, 1.82) is 0 Å². The molecule has 0 bridgehead atoms. The summed E-state index contributed by atoms with van der Waals surface area (Å²) in [5, 5.41) is 9.78. The topological polar surface area (TPSA) is 77.9 Å². The van der Waals surface area contributed by atoms with Crippen molar-refractivity contribution >= 4 is 17.6 Å². The minimum Gasteiger partial charge on any atom is -0.391 e. The third-order valence-corrected chi connectivity index (χ3v) is 4.71. The number of carbonyl (C=O) groups excluding carboxylic acids is 3. The lowest BCUT2D eigenvalue weighted by molar-refractivity contribution is -0.140. The van der Waals surface area contributed by atoms with E-state index < -0.39 is 18.2 Å². The van der Waals surface area contributed by atoms with Crippen LogP contribution in [-0.2, 0) is 16.1 Å². The first-order chi connectivity index (χ1) is 10.9. The van der Waals surface area contributed by atoms with Gasteiger partial charge in [0.2, 0.25) is 5.91 Å². The molecule has 0 unspecified atom stereocenters. The van der Waals surface area contributed by atoms with Crippen molar-refractivity contribution in [3.05, 3.63) is 35.4 Å². The van der Waals surface area contributed by atoms with Gasteiger partial charge in [-0.3, -0.25) is 14.4 Å². The Kier molecular flexibility index (Phi) is 3.93. The third kappa shape index (κ3) is 2.63. The van der Waals surface area contributed by atoms with E-state index in [0.29, 0.717) is 12.1 Å². The zero-order chi connectivity index (χ0) is 16.7. The largest absolute Gasteiger partial charge is 0.391 e. The van der Waals surface area contributed by atoms with Gasteiger partial charge in [0.15, 0.2) is 5.78 Å². The Morgan fingerprint density at radius 1 is 1.30 bits per heavy atom. The summed E-state index contributed by atoms with van der Waals surface area (Å²) in [4.78, 5) is 39.9. The van der Waals surface area contributed by atoms with Crippen LogP contribution in [0, 0.1) is 0 Å². The molecule has 2 aliphatic rings. The van der Waals surface area contributed by atoms with Gasteiger partial charge >= 0.3 is 0 Å². The van der Waals surface area contributed by atoms with Crippen LogP contribution in [-0.4, -0.2) is 57.2 Å². The van der Waals surface area contributed by atoms with Crippen LogP contribution in [0.1, 0.15) is 36.2 Å². The number of carbonyl (C=O) groups is 3. The Morgan fingerprint density at radius 3 is 2.65 bits per heavy atom. The number of β-amino-alcohol motifs (C(OH)–C–C–N with tert-alkyl or cyclic N) is 1. The highest BCUT2D eigenvalue weighted by molar-refractivity contribution is 6.01. The maximum Gasteiger partial charge on any atom is 0.255 e. The van der Waals surface area contributed by atoms with Crippen LogP contribution < -0.4 is 0 Å². The van der Waals surface area contributed by atoms with Crippen molar-refractivity contribution < 1.29 is 19.5 Å². The molecule has 0 saturated carbocycles. The Bertz CT molecular complexity index is 672. The molecule has 3 atom stereocenters. The fraction of sp³-hybridized carbons (Fsp3) is 0.471. The number of fused-ring (bicyclic) bond motifs is 1. The van der Waals surface area contributed by atoms with Crippen LogP contribution in [0.3, 0.4) is 0 Å². The number of Topliss-reactive ketones (excluding diaryl/α,β-unsaturated/α-hetero) is 1. The molecular weight excluding hydrogens is 296 g/mol. The van der Waals surface area contributed by atoms with E-state index in [1.807, 2.05) is 12.1 Å². The molecule has 0 spiro atoms. The molecule has 1 aromatic rings. The Labute approximate surface area is 134 Å². The first-order valence-corrected chi connectivity index (χ1v) is 7.78. The van der Waals surface area contributed by atoms with Gasteiger partial charge in [-0.2, -0.15) is 0 Å². The van der Waals surface area contributed by atoms with E-state index in [1.54, 1.807) is 19.1 Å². The van der Waals surface area contributed by atoms with E-state index in [0.717, 1.165) is 5.56 Å². The smallest absolute Gasteiger partial charge is 0.255 e. The Balaban J connectivity index is 1.79. The third-order valence-electron chi connectivity index (χ3n) is 4.71. The molecular formula is C17H20N2O4. The summed E-state index contributed by atoms with van der Waals surface area (Å²) in [6, 6.07) is 6.04. The van der Waals surface area contributed by atoms with E-state index in [2.05, 4.69) is 0 Å². The quantitative estimate of drug-likeness (QED) is 0.885. The van der Waals surface area contributed by atoms with Crippen LogP contribution >= 0.6 is 0 Å². The number of rotatable bonds is 3. The number of ketones is 1. The van der Waals surface area contributed by atoms with Crippen molar-refractivity contribution in [2.24, 2.45) is 0 Å². The fourth-order valence-electron chi connectivity index (χ4n) is 3.41. The lowest BCUT2D eigenvalue weighted by atomic mass is 10.1. The second-order valence-electron chi connectivity index (χ2n) is 6.27. The Hall–Kier alpha value is -2.21. The number of aliphatic hydroxyl groups excluding tert-OH is 1. The number of amides is 2. The predicted molar refractivity (Wildman–Crippen MR) is 82.6 cm³/mol. The molecule has 1 N–H and O–H groups in total. The summed E-state index contributed by atoms with van der Waals surface area (Å²) in [5.41, 5.74) is 1.53. The highest BCUT2D eigenvalue weighted by atomic mass is 16.3. The summed E-state index contributed by atoms with van der Waals surface area (Å²) in [6.07, 6.45) is -0.423. The summed E-state index contributed by atoms with van der Waals surface area (Å²) in [6.45, 7) is 3.63. The minimum absolute atomic E-state index is 0.141. The monoisotopic (exact) mass is 316 g/mol. The average Bonchev–Trinajstić information content (AvgIpc) is 3.07. The van der Waals surface area contributed by atoms with Crippen LogP contribution in [0.15, 0.2) is 24.3 Å². The number of benzene rings is 1. The number of likely N-dealkylation sites (tertiary alicyclic amines) is 1. The summed E-state index contributed by atoms with van der Waals surface area (Å²) in [7, 11) is 0. The molecule has 122 valence electrons. The molecule has 1 saturated heterocycles. The van der Waals surface area contributed by atoms with Gasteiger partial charge in [0.1, 0.15) is 6.04 Å². The van der Waals surface area contributed by atoms with Crippen LogP contribution in [0.5, 0.6) is 0 Å². The molecule has 2 amide bonds. The molecule has 6 heteroatoms. The van der Waals surface area contributed by atoms with E-state index in [9.17, 15) is 19.5 Å². The van der Waals surface area contributed by atoms with Gasteiger partial charge in [0.05, 0.1) is 12.1 Å². The zero-order valence-corrected chi connectivity index (χ0v) is 13.2. The van der Waals surface area contributed by atoms with Gasteiger partial charge in [-0.15, -0.1) is 0 Å². The standard InChI is InChI=1S/C17H20N2O4/c1-10(16(22)19-9-13(21)7-15(19)11(2)20)18-8-12-5-3-4-6-14(12)17(18)23/h3-6,10,13,15,21H,7-9H2,1-2H3/t10-,13+,15-/m0/s1. The molecule has 6 nitrogen and oxygen atoms in total. The highest BCUT2D eigenvalue weighted by Crippen LogP contribution is 2.27. The average molecular weight is 316 g/mol. The molecule has 0 aliphatic carbocycles. The van der Waals surface area contributed by atoms with Gasteiger partial charge in [-0.1, -0.05) is 18.2 Å². The molecule has 2 aliphatic heterocycles. The van der Waals surface area contributed by atoms with Crippen LogP contribution in [0.2, 0.25) is 0 Å². The van der Waals surface area contributed by atoms with Crippen molar-refractivity contribution in [3.8, 4) is 0 Å². The fourth-order valence-corrected chi connectivity index (χ4v) is 3.41. The molecule has 23 heavy (non-hydrogen) atoms. The molecule has 0 radical (unpaired) electrons. The van der Waals surface area contributed by atoms with Gasteiger partial charge in [0.25, 0.3) is 5.91 Å². The molecule has 2 heterocycles. The van der Waals surface area contributed by atoms with Gasteiger partial charge in [-0.05, 0) is 25.5 Å².